The van der Waals surface area contributed by atoms with Gasteiger partial charge in [0.1, 0.15) is 5.75 Å². The van der Waals surface area contributed by atoms with Crippen molar-refractivity contribution in [2.75, 3.05) is 10.9 Å². The molecule has 4 rings (SSSR count). The van der Waals surface area contributed by atoms with Crippen LogP contribution in [0.3, 0.4) is 0 Å². The summed E-state index contributed by atoms with van der Waals surface area (Å²) in [6.45, 7) is 0. The first-order chi connectivity index (χ1) is 11.3. The third-order valence-corrected chi connectivity index (χ3v) is 4.02. The third kappa shape index (κ3) is 2.42. The second-order valence-corrected chi connectivity index (χ2v) is 5.45. The van der Waals surface area contributed by atoms with Crippen LogP contribution in [0.4, 0.5) is 11.4 Å². The van der Waals surface area contributed by atoms with Crippen LogP contribution < -0.4 is 10.9 Å². The molecule has 4 aromatic carbocycles. The van der Waals surface area contributed by atoms with E-state index in [2.05, 4.69) is 29.1 Å². The van der Waals surface area contributed by atoms with Crippen LogP contribution >= 0.6 is 0 Å². The topological polar surface area (TPSA) is 44.3 Å². The van der Waals surface area contributed by atoms with E-state index in [9.17, 15) is 5.11 Å². The van der Waals surface area contributed by atoms with E-state index in [4.69, 9.17) is 0 Å². The lowest BCUT2D eigenvalue weighted by atomic mass is 10.1. The molecule has 0 aliphatic carbocycles. The molecular formula is C20H16N2O. The van der Waals surface area contributed by atoms with E-state index in [0.717, 1.165) is 27.5 Å². The van der Waals surface area contributed by atoms with Crippen molar-refractivity contribution in [2.45, 2.75) is 0 Å². The quantitative estimate of drug-likeness (QED) is 0.363. The maximum Gasteiger partial charge on any atom is 0.123 e. The van der Waals surface area contributed by atoms with Crippen molar-refractivity contribution < 1.29 is 5.11 Å². The molecular weight excluding hydrogens is 284 g/mol. The van der Waals surface area contributed by atoms with Crippen LogP contribution in [0.25, 0.3) is 21.5 Å². The fourth-order valence-electron chi connectivity index (χ4n) is 2.86. The molecule has 0 amide bonds. The number of rotatable bonds is 3. The molecule has 0 bridgehead atoms. The van der Waals surface area contributed by atoms with Crippen molar-refractivity contribution in [2.24, 2.45) is 0 Å². The summed E-state index contributed by atoms with van der Waals surface area (Å²) < 4.78 is 0. The lowest BCUT2D eigenvalue weighted by molar-refractivity contribution is 0.481. The molecule has 3 N–H and O–H groups in total. The van der Waals surface area contributed by atoms with E-state index in [1.54, 1.807) is 6.07 Å². The predicted octanol–water partition coefficient (Wildman–Crippen LogP) is 5.14. The Morgan fingerprint density at radius 1 is 0.522 bits per heavy atom. The largest absolute Gasteiger partial charge is 0.507 e. The van der Waals surface area contributed by atoms with Gasteiger partial charge < -0.3 is 16.0 Å². The Balaban J connectivity index is 1.71. The number of hydrogen-bond acceptors (Lipinski definition) is 3. The highest BCUT2D eigenvalue weighted by atomic mass is 16.3. The summed E-state index contributed by atoms with van der Waals surface area (Å²) in [6, 6.07) is 25.8. The maximum atomic E-state index is 9.97. The molecule has 0 aromatic heterocycles. The minimum atomic E-state index is 0.288. The monoisotopic (exact) mass is 300 g/mol. The molecule has 3 heteroatoms. The zero-order chi connectivity index (χ0) is 15.6. The van der Waals surface area contributed by atoms with Gasteiger partial charge in [-0.25, -0.2) is 0 Å². The predicted molar refractivity (Wildman–Crippen MR) is 96.8 cm³/mol. The van der Waals surface area contributed by atoms with Crippen LogP contribution in [0.5, 0.6) is 5.75 Å². The Hall–Kier alpha value is -3.20. The fraction of sp³-hybridized carbons (Fsp3) is 0. The highest BCUT2D eigenvalue weighted by molar-refractivity contribution is 5.99. The zero-order valence-corrected chi connectivity index (χ0v) is 12.5. The third-order valence-electron chi connectivity index (χ3n) is 4.02. The smallest absolute Gasteiger partial charge is 0.123 e. The van der Waals surface area contributed by atoms with E-state index in [-0.39, 0.29) is 5.75 Å². The van der Waals surface area contributed by atoms with Gasteiger partial charge in [0.25, 0.3) is 0 Å². The fourth-order valence-corrected chi connectivity index (χ4v) is 2.86. The molecule has 0 aliphatic heterocycles. The molecule has 3 nitrogen and oxygen atoms in total. The maximum absolute atomic E-state index is 9.97. The van der Waals surface area contributed by atoms with Crippen molar-refractivity contribution >= 4 is 32.9 Å². The lowest BCUT2D eigenvalue weighted by Gasteiger charge is -2.14. The lowest BCUT2D eigenvalue weighted by Crippen LogP contribution is -2.09. The minimum absolute atomic E-state index is 0.288. The number of hydrazine groups is 1. The van der Waals surface area contributed by atoms with Gasteiger partial charge in [-0.15, -0.1) is 0 Å². The first-order valence-electron chi connectivity index (χ1n) is 7.53. The summed E-state index contributed by atoms with van der Waals surface area (Å²) >= 11 is 0. The van der Waals surface area contributed by atoms with E-state index in [0.29, 0.717) is 0 Å². The number of benzene rings is 4. The van der Waals surface area contributed by atoms with Crippen molar-refractivity contribution in [1.29, 1.82) is 0 Å². The van der Waals surface area contributed by atoms with Crippen molar-refractivity contribution in [1.82, 2.24) is 0 Å². The van der Waals surface area contributed by atoms with Crippen LogP contribution in [-0.2, 0) is 0 Å². The number of anilines is 2. The summed E-state index contributed by atoms with van der Waals surface area (Å²) in [5.74, 6) is 0.288. The Morgan fingerprint density at radius 3 is 1.96 bits per heavy atom. The Kier molecular flexibility index (Phi) is 3.24. The minimum Gasteiger partial charge on any atom is -0.507 e. The van der Waals surface area contributed by atoms with Gasteiger partial charge in [-0.1, -0.05) is 60.7 Å². The van der Waals surface area contributed by atoms with Gasteiger partial charge in [0.15, 0.2) is 0 Å². The van der Waals surface area contributed by atoms with Crippen molar-refractivity contribution in [3.63, 3.8) is 0 Å². The summed E-state index contributed by atoms with van der Waals surface area (Å²) in [4.78, 5) is 0. The van der Waals surface area contributed by atoms with Crippen LogP contribution in [0.2, 0.25) is 0 Å². The zero-order valence-electron chi connectivity index (χ0n) is 12.5. The van der Waals surface area contributed by atoms with Gasteiger partial charge in [-0.2, -0.15) is 0 Å². The molecule has 0 saturated carbocycles. The molecule has 0 radical (unpaired) electrons. The molecule has 0 heterocycles. The molecule has 0 fully saturated rings. The van der Waals surface area contributed by atoms with Gasteiger partial charge in [0.2, 0.25) is 0 Å². The number of fused-ring (bicyclic) bond motifs is 2. The number of phenols is 1. The summed E-state index contributed by atoms with van der Waals surface area (Å²) in [5.41, 5.74) is 8.48. The van der Waals surface area contributed by atoms with Gasteiger partial charge in [-0.05, 0) is 23.6 Å². The average molecular weight is 300 g/mol. The molecule has 0 unspecified atom stereocenters. The van der Waals surface area contributed by atoms with E-state index < -0.39 is 0 Å². The first kappa shape index (κ1) is 13.5. The molecule has 0 saturated heterocycles. The number of hydrogen-bond donors (Lipinski definition) is 3. The molecule has 4 aromatic rings. The van der Waals surface area contributed by atoms with Gasteiger partial charge in [0, 0.05) is 16.2 Å². The molecule has 0 aliphatic rings. The average Bonchev–Trinajstić information content (AvgIpc) is 2.61. The van der Waals surface area contributed by atoms with Crippen LogP contribution in [-0.4, -0.2) is 5.11 Å². The highest BCUT2D eigenvalue weighted by Crippen LogP contribution is 2.31. The van der Waals surface area contributed by atoms with Crippen LogP contribution in [0.15, 0.2) is 78.9 Å². The number of aromatic hydroxyl groups is 1. The summed E-state index contributed by atoms with van der Waals surface area (Å²) in [5, 5.41) is 14.1. The number of phenolic OH excluding ortho intramolecular Hbond substituents is 1. The number of nitrogens with one attached hydrogen (secondary N) is 2. The SMILES string of the molecule is Oc1ccc(NNc2cccc3ccccc23)c2ccccc12. The Labute approximate surface area is 134 Å². The summed E-state index contributed by atoms with van der Waals surface area (Å²) in [6.07, 6.45) is 0. The van der Waals surface area contributed by atoms with Crippen molar-refractivity contribution in [3.8, 4) is 5.75 Å². The van der Waals surface area contributed by atoms with Crippen molar-refractivity contribution in [3.05, 3.63) is 78.9 Å². The molecule has 23 heavy (non-hydrogen) atoms. The standard InChI is InChI=1S/C20H16N2O/c23-20-13-12-19(16-9-3-4-10-17(16)20)22-21-18-11-5-7-14-6-1-2-8-15(14)18/h1-13,21-23H. The Bertz CT molecular complexity index is 990. The van der Waals surface area contributed by atoms with Gasteiger partial charge >= 0.3 is 0 Å². The summed E-state index contributed by atoms with van der Waals surface area (Å²) in [7, 11) is 0. The highest BCUT2D eigenvalue weighted by Gasteiger charge is 2.05. The second-order valence-electron chi connectivity index (χ2n) is 5.45. The normalized spacial score (nSPS) is 10.8. The van der Waals surface area contributed by atoms with Crippen LogP contribution in [0, 0.1) is 0 Å². The molecule has 0 spiro atoms. The van der Waals surface area contributed by atoms with Gasteiger partial charge in [-0.3, -0.25) is 0 Å². The first-order valence-corrected chi connectivity index (χ1v) is 7.53. The van der Waals surface area contributed by atoms with E-state index in [1.165, 1.54) is 5.39 Å². The van der Waals surface area contributed by atoms with Gasteiger partial charge in [0.05, 0.1) is 11.4 Å². The van der Waals surface area contributed by atoms with E-state index >= 15 is 0 Å². The second kappa shape index (κ2) is 5.54. The Morgan fingerprint density at radius 2 is 1.13 bits per heavy atom. The van der Waals surface area contributed by atoms with Crippen LogP contribution in [0.1, 0.15) is 0 Å². The molecule has 112 valence electrons. The van der Waals surface area contributed by atoms with E-state index in [1.807, 2.05) is 54.6 Å². The molecule has 0 atom stereocenters.